The normalized spacial score (nSPS) is 13.9. The van der Waals surface area contributed by atoms with Gasteiger partial charge >= 0.3 is 11.9 Å². The molecular weight excluding hydrogens is 216 g/mol. The predicted molar refractivity (Wildman–Crippen MR) is 54.7 cm³/mol. The molecule has 16 heavy (non-hydrogen) atoms. The number of carbonyl (C=O) groups excluding carboxylic acids is 1. The van der Waals surface area contributed by atoms with Crippen LogP contribution in [0.3, 0.4) is 0 Å². The minimum absolute atomic E-state index is 0.0108. The van der Waals surface area contributed by atoms with E-state index in [1.165, 1.54) is 0 Å². The van der Waals surface area contributed by atoms with Crippen molar-refractivity contribution in [3.8, 4) is 0 Å². The molecule has 7 nitrogen and oxygen atoms in total. The summed E-state index contributed by atoms with van der Waals surface area (Å²) in [6, 6.07) is -1.55. The maximum absolute atomic E-state index is 11.2. The summed E-state index contributed by atoms with van der Waals surface area (Å²) in [5.74, 6) is -2.85. The van der Waals surface area contributed by atoms with Gasteiger partial charge in [-0.1, -0.05) is 0 Å². The van der Waals surface area contributed by atoms with E-state index in [1.807, 2.05) is 0 Å². The minimum atomic E-state index is -1.25. The third kappa shape index (κ3) is 6.77. The Balaban J connectivity index is 4.17. The second kappa shape index (κ2) is 6.78. The lowest BCUT2D eigenvalue weighted by molar-refractivity contribution is -0.143. The molecule has 7 heteroatoms. The van der Waals surface area contributed by atoms with E-state index in [4.69, 9.17) is 15.9 Å². The van der Waals surface area contributed by atoms with Crippen molar-refractivity contribution in [1.82, 2.24) is 5.32 Å². The number of nitrogens with one attached hydrogen (secondary N) is 1. The van der Waals surface area contributed by atoms with Crippen LogP contribution in [0.25, 0.3) is 0 Å². The average Bonchev–Trinajstić information content (AvgIpc) is 2.09. The van der Waals surface area contributed by atoms with Gasteiger partial charge in [-0.2, -0.15) is 0 Å². The van der Waals surface area contributed by atoms with E-state index in [2.05, 4.69) is 5.32 Å². The van der Waals surface area contributed by atoms with Crippen molar-refractivity contribution in [2.24, 2.45) is 5.73 Å². The van der Waals surface area contributed by atoms with Crippen LogP contribution in [0.5, 0.6) is 0 Å². The third-order valence-electron chi connectivity index (χ3n) is 1.79. The molecule has 2 atom stereocenters. The molecule has 0 radical (unpaired) electrons. The lowest BCUT2D eigenvalue weighted by Crippen LogP contribution is -2.42. The minimum Gasteiger partial charge on any atom is -0.481 e. The average molecular weight is 232 g/mol. The number of nitrogens with two attached hydrogens (primary N) is 1. The summed E-state index contributed by atoms with van der Waals surface area (Å²) >= 11 is 0. The topological polar surface area (TPSA) is 130 Å². The summed E-state index contributed by atoms with van der Waals surface area (Å²) in [6.45, 7) is 1.62. The van der Waals surface area contributed by atoms with Crippen molar-refractivity contribution in [3.63, 3.8) is 0 Å². The van der Waals surface area contributed by atoms with Crippen LogP contribution >= 0.6 is 0 Å². The smallest absolute Gasteiger partial charge is 0.326 e. The zero-order valence-electron chi connectivity index (χ0n) is 8.97. The molecule has 0 spiro atoms. The Morgan fingerprint density at radius 2 is 1.88 bits per heavy atom. The molecular formula is C9H16N2O5. The lowest BCUT2D eigenvalue weighted by Gasteiger charge is -2.14. The fourth-order valence-corrected chi connectivity index (χ4v) is 1.07. The highest BCUT2D eigenvalue weighted by atomic mass is 16.4. The van der Waals surface area contributed by atoms with Crippen LogP contribution in [0.1, 0.15) is 26.2 Å². The molecule has 92 valence electrons. The highest BCUT2D eigenvalue weighted by Gasteiger charge is 2.21. The number of aliphatic carboxylic acids is 2. The van der Waals surface area contributed by atoms with Gasteiger partial charge in [0, 0.05) is 18.9 Å². The highest BCUT2D eigenvalue weighted by molar-refractivity contribution is 5.84. The van der Waals surface area contributed by atoms with Crippen LogP contribution in [-0.4, -0.2) is 40.1 Å². The molecule has 0 rings (SSSR count). The fourth-order valence-electron chi connectivity index (χ4n) is 1.07. The van der Waals surface area contributed by atoms with E-state index in [-0.39, 0.29) is 25.3 Å². The van der Waals surface area contributed by atoms with Gasteiger partial charge in [-0.15, -0.1) is 0 Å². The molecule has 2 unspecified atom stereocenters. The van der Waals surface area contributed by atoms with Crippen molar-refractivity contribution in [2.75, 3.05) is 0 Å². The number of carboxylic acids is 2. The first-order valence-electron chi connectivity index (χ1n) is 4.82. The Morgan fingerprint density at radius 1 is 1.31 bits per heavy atom. The van der Waals surface area contributed by atoms with E-state index in [0.717, 1.165) is 0 Å². The second-order valence-electron chi connectivity index (χ2n) is 3.57. The summed E-state index contributed by atoms with van der Waals surface area (Å²) in [6.07, 6.45) is -0.443. The van der Waals surface area contributed by atoms with Crippen LogP contribution < -0.4 is 11.1 Å². The van der Waals surface area contributed by atoms with Crippen LogP contribution in [-0.2, 0) is 14.4 Å². The zero-order chi connectivity index (χ0) is 12.7. The van der Waals surface area contributed by atoms with E-state index in [0.29, 0.717) is 0 Å². The Kier molecular flexibility index (Phi) is 6.09. The quantitative estimate of drug-likeness (QED) is 0.452. The first-order valence-corrected chi connectivity index (χ1v) is 4.82. The van der Waals surface area contributed by atoms with Gasteiger partial charge in [-0.3, -0.25) is 9.59 Å². The van der Waals surface area contributed by atoms with Crippen LogP contribution in [0.2, 0.25) is 0 Å². The van der Waals surface area contributed by atoms with Gasteiger partial charge < -0.3 is 21.3 Å². The van der Waals surface area contributed by atoms with Crippen molar-refractivity contribution in [1.29, 1.82) is 0 Å². The summed E-state index contributed by atoms with van der Waals surface area (Å²) in [7, 11) is 0. The van der Waals surface area contributed by atoms with Gasteiger partial charge in [-0.05, 0) is 13.3 Å². The SMILES string of the molecule is CC(N)CC(=O)NC(CCC(=O)O)C(=O)O. The Bertz CT molecular complexity index is 277. The summed E-state index contributed by atoms with van der Waals surface area (Å²) < 4.78 is 0. The summed E-state index contributed by atoms with van der Waals surface area (Å²) in [5, 5.41) is 19.3. The first kappa shape index (κ1) is 14.4. The molecule has 0 heterocycles. The fraction of sp³-hybridized carbons (Fsp3) is 0.667. The Morgan fingerprint density at radius 3 is 2.25 bits per heavy atom. The van der Waals surface area contributed by atoms with Gasteiger partial charge in [-0.25, -0.2) is 4.79 Å². The molecule has 0 aliphatic carbocycles. The number of amides is 1. The monoisotopic (exact) mass is 232 g/mol. The predicted octanol–water partition coefficient (Wildman–Crippen LogP) is -0.842. The Hall–Kier alpha value is -1.63. The number of hydrogen-bond donors (Lipinski definition) is 4. The number of carboxylic acid groups (broad SMARTS) is 2. The van der Waals surface area contributed by atoms with Gasteiger partial charge in [0.2, 0.25) is 5.91 Å². The zero-order valence-corrected chi connectivity index (χ0v) is 8.97. The van der Waals surface area contributed by atoms with E-state index in [9.17, 15) is 14.4 Å². The maximum Gasteiger partial charge on any atom is 0.326 e. The number of rotatable bonds is 7. The molecule has 5 N–H and O–H groups in total. The van der Waals surface area contributed by atoms with Crippen molar-refractivity contribution < 1.29 is 24.6 Å². The van der Waals surface area contributed by atoms with E-state index in [1.54, 1.807) is 6.92 Å². The molecule has 0 saturated carbocycles. The van der Waals surface area contributed by atoms with Crippen molar-refractivity contribution in [3.05, 3.63) is 0 Å². The third-order valence-corrected chi connectivity index (χ3v) is 1.79. The lowest BCUT2D eigenvalue weighted by atomic mass is 10.1. The van der Waals surface area contributed by atoms with Gasteiger partial charge in [0.1, 0.15) is 6.04 Å². The second-order valence-corrected chi connectivity index (χ2v) is 3.57. The van der Waals surface area contributed by atoms with Gasteiger partial charge in [0.05, 0.1) is 0 Å². The molecule has 0 aliphatic heterocycles. The van der Waals surface area contributed by atoms with Crippen LogP contribution in [0.4, 0.5) is 0 Å². The van der Waals surface area contributed by atoms with Gasteiger partial charge in [0.25, 0.3) is 0 Å². The largest absolute Gasteiger partial charge is 0.481 e. The Labute approximate surface area is 92.6 Å². The molecule has 0 aromatic heterocycles. The van der Waals surface area contributed by atoms with Crippen molar-refractivity contribution in [2.45, 2.75) is 38.3 Å². The van der Waals surface area contributed by atoms with E-state index < -0.39 is 23.9 Å². The highest BCUT2D eigenvalue weighted by Crippen LogP contribution is 1.99. The molecule has 1 amide bonds. The van der Waals surface area contributed by atoms with E-state index >= 15 is 0 Å². The van der Waals surface area contributed by atoms with Gasteiger partial charge in [0.15, 0.2) is 0 Å². The molecule has 0 bridgehead atoms. The first-order chi connectivity index (χ1) is 7.32. The summed E-state index contributed by atoms with van der Waals surface area (Å²) in [5.41, 5.74) is 5.36. The standard InChI is InChI=1S/C9H16N2O5/c1-5(10)4-7(12)11-6(9(15)16)2-3-8(13)14/h5-6H,2-4,10H2,1H3,(H,11,12)(H,13,14)(H,15,16). The summed E-state index contributed by atoms with van der Waals surface area (Å²) in [4.78, 5) is 32.2. The molecule has 0 aromatic rings. The molecule has 0 aliphatic rings. The number of hydrogen-bond acceptors (Lipinski definition) is 4. The molecule has 0 aromatic carbocycles. The van der Waals surface area contributed by atoms with Crippen LogP contribution in [0.15, 0.2) is 0 Å². The van der Waals surface area contributed by atoms with Crippen molar-refractivity contribution >= 4 is 17.8 Å². The number of carbonyl (C=O) groups is 3. The molecule has 0 saturated heterocycles. The maximum atomic E-state index is 11.2. The molecule has 0 fully saturated rings. The van der Waals surface area contributed by atoms with Crippen LogP contribution in [0, 0.1) is 0 Å².